The maximum Gasteiger partial charge on any atom is 0.248 e. The smallest absolute Gasteiger partial charge is 0.248 e. The predicted octanol–water partition coefficient (Wildman–Crippen LogP) is 3.54. The molecule has 1 aromatic heterocycles. The molecule has 5 rings (SSSR count). The molecular formula is C23H25N3O3S. The molecule has 1 aliphatic heterocycles. The maximum absolute atomic E-state index is 13.3. The number of benzene rings is 1. The third-order valence-electron chi connectivity index (χ3n) is 6.65. The number of amides is 3. The van der Waals surface area contributed by atoms with Crippen molar-refractivity contribution in [1.82, 2.24) is 9.88 Å². The van der Waals surface area contributed by atoms with Gasteiger partial charge in [-0.1, -0.05) is 42.9 Å². The largest absolute Gasteiger partial charge is 0.287 e. The van der Waals surface area contributed by atoms with Gasteiger partial charge < -0.3 is 0 Å². The summed E-state index contributed by atoms with van der Waals surface area (Å²) >= 11 is 1.48. The van der Waals surface area contributed by atoms with Gasteiger partial charge in [0.2, 0.25) is 17.7 Å². The van der Waals surface area contributed by atoms with Crippen LogP contribution in [0, 0.1) is 30.6 Å². The molecule has 0 N–H and O–H groups in total. The summed E-state index contributed by atoms with van der Waals surface area (Å²) in [4.78, 5) is 46.7. The zero-order valence-corrected chi connectivity index (χ0v) is 18.0. The molecule has 1 aromatic carbocycles. The highest BCUT2D eigenvalue weighted by Crippen LogP contribution is 2.52. The standard InChI is InChI=1S/C23H25N3O3S/c1-3-4-9-25(23-24-16-8-5-13(2)10-17(16)30-23)18(27)12-26-21(28)19-14-6-7-15(11-14)20(19)22(26)29/h5-8,10,14-15,19-20H,3-4,9,11-12H2,1-2H3/t14-,15+,19-,20+. The van der Waals surface area contributed by atoms with Gasteiger partial charge in [-0.2, -0.15) is 0 Å². The molecule has 3 amide bonds. The second-order valence-electron chi connectivity index (χ2n) is 8.63. The number of hydrogen-bond acceptors (Lipinski definition) is 5. The van der Waals surface area contributed by atoms with Crippen molar-refractivity contribution in [2.24, 2.45) is 23.7 Å². The molecular weight excluding hydrogens is 398 g/mol. The Labute approximate surface area is 179 Å². The molecule has 6 nitrogen and oxygen atoms in total. The van der Waals surface area contributed by atoms with Gasteiger partial charge in [0.15, 0.2) is 5.13 Å². The fraction of sp³-hybridized carbons (Fsp3) is 0.478. The molecule has 2 aliphatic carbocycles. The summed E-state index contributed by atoms with van der Waals surface area (Å²) < 4.78 is 1.03. The molecule has 0 spiro atoms. The number of hydrogen-bond donors (Lipinski definition) is 0. The van der Waals surface area contributed by atoms with Gasteiger partial charge in [-0.15, -0.1) is 0 Å². The summed E-state index contributed by atoms with van der Waals surface area (Å²) in [5, 5.41) is 0.634. The van der Waals surface area contributed by atoms with Crippen LogP contribution in [0.15, 0.2) is 30.4 Å². The number of carbonyl (C=O) groups is 3. The highest BCUT2D eigenvalue weighted by atomic mass is 32.1. The Bertz CT molecular complexity index is 1040. The van der Waals surface area contributed by atoms with Gasteiger partial charge >= 0.3 is 0 Å². The van der Waals surface area contributed by atoms with Gasteiger partial charge in [0.05, 0.1) is 22.1 Å². The third kappa shape index (κ3) is 2.98. The second kappa shape index (κ2) is 7.30. The summed E-state index contributed by atoms with van der Waals surface area (Å²) in [6.45, 7) is 4.44. The SMILES string of the molecule is CCCCN(C(=O)CN1C(=O)[C@@H]2[C@H](C1=O)[C@@H]1C=C[C@H]2C1)c1nc2ccc(C)cc2s1. The lowest BCUT2D eigenvalue weighted by atomic mass is 9.85. The Balaban J connectivity index is 1.39. The van der Waals surface area contributed by atoms with E-state index in [0.29, 0.717) is 11.7 Å². The van der Waals surface area contributed by atoms with E-state index in [1.165, 1.54) is 16.2 Å². The number of fused-ring (bicyclic) bond motifs is 6. The molecule has 30 heavy (non-hydrogen) atoms. The number of aromatic nitrogens is 1. The van der Waals surface area contributed by atoms with Gasteiger partial charge in [0, 0.05) is 6.54 Å². The third-order valence-corrected chi connectivity index (χ3v) is 7.70. The van der Waals surface area contributed by atoms with Crippen LogP contribution in [0.5, 0.6) is 0 Å². The zero-order valence-electron chi connectivity index (χ0n) is 17.2. The van der Waals surface area contributed by atoms with Crippen LogP contribution in [0.1, 0.15) is 31.7 Å². The maximum atomic E-state index is 13.3. The average Bonchev–Trinajstić information content (AvgIpc) is 3.48. The van der Waals surface area contributed by atoms with Crippen molar-refractivity contribution >= 4 is 44.4 Å². The van der Waals surface area contributed by atoms with E-state index in [0.717, 1.165) is 35.0 Å². The first-order valence-electron chi connectivity index (χ1n) is 10.7. The Morgan fingerprint density at radius 3 is 2.57 bits per heavy atom. The van der Waals surface area contributed by atoms with Crippen LogP contribution in [0.3, 0.4) is 0 Å². The number of thiazole rings is 1. The van der Waals surface area contributed by atoms with Gasteiger partial charge in [0.25, 0.3) is 0 Å². The molecule has 2 aromatic rings. The van der Waals surface area contributed by atoms with Crippen molar-refractivity contribution in [2.45, 2.75) is 33.1 Å². The Morgan fingerprint density at radius 2 is 1.90 bits per heavy atom. The number of anilines is 1. The summed E-state index contributed by atoms with van der Waals surface area (Å²) in [6.07, 6.45) is 6.80. The van der Waals surface area contributed by atoms with Gasteiger partial charge in [-0.3, -0.25) is 24.2 Å². The topological polar surface area (TPSA) is 70.6 Å². The first kappa shape index (κ1) is 19.4. The van der Waals surface area contributed by atoms with Crippen molar-refractivity contribution in [3.05, 3.63) is 35.9 Å². The molecule has 3 aliphatic rings. The van der Waals surface area contributed by atoms with E-state index >= 15 is 0 Å². The van der Waals surface area contributed by atoms with Crippen molar-refractivity contribution in [3.8, 4) is 0 Å². The van der Waals surface area contributed by atoms with Gasteiger partial charge in [-0.05, 0) is 49.3 Å². The van der Waals surface area contributed by atoms with E-state index in [1.807, 2.05) is 19.1 Å². The van der Waals surface area contributed by atoms with Crippen molar-refractivity contribution in [1.29, 1.82) is 0 Å². The summed E-state index contributed by atoms with van der Waals surface area (Å²) in [7, 11) is 0. The normalized spacial score (nSPS) is 26.8. The minimum Gasteiger partial charge on any atom is -0.287 e. The zero-order chi connectivity index (χ0) is 21.0. The first-order chi connectivity index (χ1) is 14.5. The van der Waals surface area contributed by atoms with Crippen molar-refractivity contribution in [3.63, 3.8) is 0 Å². The van der Waals surface area contributed by atoms with Gasteiger partial charge in [0.1, 0.15) is 6.54 Å². The van der Waals surface area contributed by atoms with Crippen molar-refractivity contribution in [2.75, 3.05) is 18.0 Å². The molecule has 156 valence electrons. The minimum absolute atomic E-state index is 0.153. The van der Waals surface area contributed by atoms with Crippen molar-refractivity contribution < 1.29 is 14.4 Å². The summed E-state index contributed by atoms with van der Waals surface area (Å²) in [5.41, 5.74) is 2.01. The Morgan fingerprint density at radius 1 is 1.20 bits per heavy atom. The number of likely N-dealkylation sites (tertiary alicyclic amines) is 1. The fourth-order valence-corrected chi connectivity index (χ4v) is 6.23. The quantitative estimate of drug-likeness (QED) is 0.526. The number of allylic oxidation sites excluding steroid dienone is 2. The molecule has 0 unspecified atom stereocenters. The highest BCUT2D eigenvalue weighted by Gasteiger charge is 2.59. The van der Waals surface area contributed by atoms with E-state index in [2.05, 4.69) is 30.1 Å². The number of rotatable bonds is 6. The molecule has 7 heteroatoms. The number of aryl methyl sites for hydroxylation is 1. The molecule has 2 bridgehead atoms. The molecule has 1 saturated carbocycles. The Kier molecular flexibility index (Phi) is 4.73. The monoisotopic (exact) mass is 423 g/mol. The van der Waals surface area contributed by atoms with Gasteiger partial charge in [-0.25, -0.2) is 4.98 Å². The van der Waals surface area contributed by atoms with Crippen LogP contribution in [0.2, 0.25) is 0 Å². The Hall–Kier alpha value is -2.54. The van der Waals surface area contributed by atoms with Crippen LogP contribution in [-0.2, 0) is 14.4 Å². The minimum atomic E-state index is -0.269. The van der Waals surface area contributed by atoms with E-state index in [1.54, 1.807) is 4.90 Å². The predicted molar refractivity (Wildman–Crippen MR) is 116 cm³/mol. The van der Waals surface area contributed by atoms with Crippen LogP contribution in [0.4, 0.5) is 5.13 Å². The molecule has 2 heterocycles. The number of carbonyl (C=O) groups excluding carboxylic acids is 3. The summed E-state index contributed by atoms with van der Waals surface area (Å²) in [5.74, 6) is -0.817. The van der Waals surface area contributed by atoms with Crippen LogP contribution in [-0.4, -0.2) is 40.7 Å². The highest BCUT2D eigenvalue weighted by molar-refractivity contribution is 7.22. The number of nitrogens with zero attached hydrogens (tertiary/aromatic N) is 3. The van der Waals surface area contributed by atoms with Crippen LogP contribution < -0.4 is 4.90 Å². The molecule has 4 atom stereocenters. The lowest BCUT2D eigenvalue weighted by Gasteiger charge is -2.23. The van der Waals surface area contributed by atoms with E-state index in [9.17, 15) is 14.4 Å². The van der Waals surface area contributed by atoms with E-state index in [4.69, 9.17) is 0 Å². The second-order valence-corrected chi connectivity index (χ2v) is 9.64. The average molecular weight is 424 g/mol. The van der Waals surface area contributed by atoms with E-state index in [-0.39, 0.29) is 47.9 Å². The molecule has 0 radical (unpaired) electrons. The lowest BCUT2D eigenvalue weighted by molar-refractivity contribution is -0.143. The van der Waals surface area contributed by atoms with Crippen LogP contribution in [0.25, 0.3) is 10.2 Å². The fourth-order valence-electron chi connectivity index (χ4n) is 5.12. The first-order valence-corrected chi connectivity index (χ1v) is 11.5. The van der Waals surface area contributed by atoms with Crippen LogP contribution >= 0.6 is 11.3 Å². The van der Waals surface area contributed by atoms with E-state index < -0.39 is 0 Å². The summed E-state index contributed by atoms with van der Waals surface area (Å²) in [6, 6.07) is 6.04. The molecule has 2 fully saturated rings. The number of imide groups is 1. The molecule has 1 saturated heterocycles. The number of unbranched alkanes of at least 4 members (excludes halogenated alkanes) is 1. The lowest BCUT2D eigenvalue weighted by Crippen LogP contribution is -2.44.